The van der Waals surface area contributed by atoms with Crippen LogP contribution in [0, 0.1) is 5.92 Å². The van der Waals surface area contributed by atoms with E-state index in [-0.39, 0.29) is 12.1 Å². The molecule has 0 aromatic carbocycles. The fourth-order valence-electron chi connectivity index (χ4n) is 3.29. The number of nitrogens with one attached hydrogen (secondary N) is 1. The highest BCUT2D eigenvalue weighted by Crippen LogP contribution is 2.35. The smallest absolute Gasteiger partial charge is 0.328 e. The van der Waals surface area contributed by atoms with Crippen LogP contribution in [0.2, 0.25) is 0 Å². The van der Waals surface area contributed by atoms with Crippen molar-refractivity contribution in [3.05, 3.63) is 0 Å². The van der Waals surface area contributed by atoms with Crippen molar-refractivity contribution in [3.63, 3.8) is 0 Å². The molecule has 2 unspecified atom stereocenters. The third-order valence-electron chi connectivity index (χ3n) is 4.28. The van der Waals surface area contributed by atoms with Gasteiger partial charge in [0.1, 0.15) is 0 Å². The van der Waals surface area contributed by atoms with Crippen molar-refractivity contribution in [1.29, 1.82) is 0 Å². The molecule has 3 N–H and O–H groups in total. The van der Waals surface area contributed by atoms with Crippen molar-refractivity contribution < 1.29 is 19.8 Å². The van der Waals surface area contributed by atoms with Gasteiger partial charge in [-0.1, -0.05) is 12.8 Å². The minimum Gasteiger partial charge on any atom is -0.480 e. The Hall–Kier alpha value is -1.30. The molecule has 0 aromatic rings. The molecule has 0 bridgehead atoms. The summed E-state index contributed by atoms with van der Waals surface area (Å²) in [5.74, 6) is -0.640. The first-order chi connectivity index (χ1) is 9.13. The van der Waals surface area contributed by atoms with Gasteiger partial charge in [-0.05, 0) is 31.6 Å². The lowest BCUT2D eigenvalue weighted by molar-refractivity contribution is -0.140. The van der Waals surface area contributed by atoms with Gasteiger partial charge in [0, 0.05) is 12.6 Å². The molecule has 0 spiro atoms. The lowest BCUT2D eigenvalue weighted by atomic mass is 9.78. The van der Waals surface area contributed by atoms with Gasteiger partial charge in [0.05, 0.1) is 6.61 Å². The van der Waals surface area contributed by atoms with Gasteiger partial charge in [0.2, 0.25) is 0 Å². The molecule has 1 aliphatic carbocycles. The molecular weight excluding hydrogens is 248 g/mol. The zero-order chi connectivity index (χ0) is 13.8. The van der Waals surface area contributed by atoms with E-state index in [0.29, 0.717) is 12.5 Å². The van der Waals surface area contributed by atoms with Crippen LogP contribution in [0.25, 0.3) is 0 Å². The summed E-state index contributed by atoms with van der Waals surface area (Å²) in [6.45, 7) is 0.105. The van der Waals surface area contributed by atoms with E-state index >= 15 is 0 Å². The van der Waals surface area contributed by atoms with Gasteiger partial charge in [-0.15, -0.1) is 0 Å². The van der Waals surface area contributed by atoms with Crippen LogP contribution in [0.15, 0.2) is 0 Å². The SMILES string of the molecule is O=C(O)[C@H](CO)NC(=O)N1CCCC2CCCCC21. The number of amides is 2. The standard InChI is InChI=1S/C13H22N2O4/c16-8-10(12(17)18)14-13(19)15-7-3-5-9-4-1-2-6-11(9)15/h9-11,16H,1-8H2,(H,14,19)(H,17,18)/t9?,10-,11?/m0/s1. The molecule has 1 saturated carbocycles. The maximum absolute atomic E-state index is 12.2. The van der Waals surface area contributed by atoms with Gasteiger partial charge in [-0.3, -0.25) is 0 Å². The number of urea groups is 1. The summed E-state index contributed by atoms with van der Waals surface area (Å²) in [6, 6.07) is -1.31. The maximum Gasteiger partial charge on any atom is 0.328 e. The number of piperidine rings is 1. The van der Waals surface area contributed by atoms with Crippen LogP contribution in [0.1, 0.15) is 38.5 Å². The molecule has 2 fully saturated rings. The fourth-order valence-corrected chi connectivity index (χ4v) is 3.29. The summed E-state index contributed by atoms with van der Waals surface area (Å²) >= 11 is 0. The van der Waals surface area contributed by atoms with Gasteiger partial charge in [-0.2, -0.15) is 0 Å². The molecule has 0 radical (unpaired) electrons. The predicted molar refractivity (Wildman–Crippen MR) is 68.7 cm³/mol. The van der Waals surface area contributed by atoms with Crippen molar-refractivity contribution in [3.8, 4) is 0 Å². The molecule has 6 nitrogen and oxygen atoms in total. The molecule has 6 heteroatoms. The number of nitrogens with zero attached hydrogens (tertiary/aromatic N) is 1. The van der Waals surface area contributed by atoms with Crippen molar-refractivity contribution in [2.24, 2.45) is 5.92 Å². The van der Waals surface area contributed by atoms with E-state index in [0.717, 1.165) is 32.1 Å². The molecule has 1 saturated heterocycles. The molecule has 2 rings (SSSR count). The summed E-state index contributed by atoms with van der Waals surface area (Å²) in [5, 5.41) is 20.2. The first-order valence-corrected chi connectivity index (χ1v) is 7.04. The monoisotopic (exact) mass is 270 g/mol. The first kappa shape index (κ1) is 14.1. The molecular formula is C13H22N2O4. The van der Waals surface area contributed by atoms with Crippen LogP contribution in [-0.2, 0) is 4.79 Å². The number of aliphatic carboxylic acids is 1. The molecule has 1 aliphatic heterocycles. The van der Waals surface area contributed by atoms with Crippen LogP contribution in [0.4, 0.5) is 4.79 Å². The van der Waals surface area contributed by atoms with E-state index in [2.05, 4.69) is 5.32 Å². The number of hydrogen-bond donors (Lipinski definition) is 3. The Morgan fingerprint density at radius 2 is 1.89 bits per heavy atom. The highest BCUT2D eigenvalue weighted by molar-refractivity contribution is 5.82. The number of fused-ring (bicyclic) bond motifs is 1. The number of carboxylic acid groups (broad SMARTS) is 1. The first-order valence-electron chi connectivity index (χ1n) is 7.04. The molecule has 19 heavy (non-hydrogen) atoms. The topological polar surface area (TPSA) is 89.9 Å². The molecule has 2 amide bonds. The number of carbonyl (C=O) groups excluding carboxylic acids is 1. The van der Waals surface area contributed by atoms with E-state index in [1.165, 1.54) is 6.42 Å². The summed E-state index contributed by atoms with van der Waals surface area (Å²) in [5.41, 5.74) is 0. The summed E-state index contributed by atoms with van der Waals surface area (Å²) in [7, 11) is 0. The minimum atomic E-state index is -1.21. The number of rotatable bonds is 3. The summed E-state index contributed by atoms with van der Waals surface area (Å²) < 4.78 is 0. The average Bonchev–Trinajstić information content (AvgIpc) is 2.43. The largest absolute Gasteiger partial charge is 0.480 e. The lowest BCUT2D eigenvalue weighted by Gasteiger charge is -2.44. The molecule has 0 aromatic heterocycles. The van der Waals surface area contributed by atoms with E-state index in [1.54, 1.807) is 4.90 Å². The zero-order valence-corrected chi connectivity index (χ0v) is 11.0. The Morgan fingerprint density at radius 1 is 1.21 bits per heavy atom. The van der Waals surface area contributed by atoms with Gasteiger partial charge in [0.15, 0.2) is 6.04 Å². The van der Waals surface area contributed by atoms with Crippen LogP contribution >= 0.6 is 0 Å². The van der Waals surface area contributed by atoms with E-state index < -0.39 is 18.6 Å². The number of carboxylic acids is 1. The van der Waals surface area contributed by atoms with Gasteiger partial charge in [-0.25, -0.2) is 9.59 Å². The highest BCUT2D eigenvalue weighted by atomic mass is 16.4. The Balaban J connectivity index is 1.98. The molecule has 3 atom stereocenters. The average molecular weight is 270 g/mol. The Bertz CT molecular complexity index is 346. The minimum absolute atomic E-state index is 0.246. The van der Waals surface area contributed by atoms with Crippen molar-refractivity contribution in [1.82, 2.24) is 10.2 Å². The summed E-state index contributed by atoms with van der Waals surface area (Å²) in [6.07, 6.45) is 6.67. The van der Waals surface area contributed by atoms with E-state index in [1.807, 2.05) is 0 Å². The van der Waals surface area contributed by atoms with Crippen molar-refractivity contribution in [2.75, 3.05) is 13.2 Å². The number of carbonyl (C=O) groups is 2. The number of likely N-dealkylation sites (tertiary alicyclic amines) is 1. The van der Waals surface area contributed by atoms with Crippen molar-refractivity contribution in [2.45, 2.75) is 50.6 Å². The zero-order valence-electron chi connectivity index (χ0n) is 11.0. The van der Waals surface area contributed by atoms with Gasteiger partial charge in [0.25, 0.3) is 0 Å². The molecule has 108 valence electrons. The summed E-state index contributed by atoms with van der Waals surface area (Å²) in [4.78, 5) is 24.8. The van der Waals surface area contributed by atoms with Gasteiger partial charge >= 0.3 is 12.0 Å². The van der Waals surface area contributed by atoms with E-state index in [4.69, 9.17) is 10.2 Å². The third kappa shape index (κ3) is 3.18. The molecule has 1 heterocycles. The predicted octanol–water partition coefficient (Wildman–Crippen LogP) is 0.796. The van der Waals surface area contributed by atoms with Crippen molar-refractivity contribution >= 4 is 12.0 Å². The third-order valence-corrected chi connectivity index (χ3v) is 4.28. The normalized spacial score (nSPS) is 28.4. The Kier molecular flexibility index (Phi) is 4.63. The number of aliphatic hydroxyl groups is 1. The highest BCUT2D eigenvalue weighted by Gasteiger charge is 2.36. The number of aliphatic hydroxyl groups excluding tert-OH is 1. The van der Waals surface area contributed by atoms with Crippen LogP contribution in [-0.4, -0.2) is 52.3 Å². The molecule has 2 aliphatic rings. The Morgan fingerprint density at radius 3 is 2.58 bits per heavy atom. The fraction of sp³-hybridized carbons (Fsp3) is 0.846. The Labute approximate surface area is 112 Å². The maximum atomic E-state index is 12.2. The second-order valence-electron chi connectivity index (χ2n) is 5.47. The van der Waals surface area contributed by atoms with Crippen LogP contribution in [0.5, 0.6) is 0 Å². The second-order valence-corrected chi connectivity index (χ2v) is 5.47. The lowest BCUT2D eigenvalue weighted by Crippen LogP contribution is -2.56. The van der Waals surface area contributed by atoms with Gasteiger partial charge < -0.3 is 20.4 Å². The quantitative estimate of drug-likeness (QED) is 0.707. The van der Waals surface area contributed by atoms with Crippen LogP contribution < -0.4 is 5.32 Å². The van der Waals surface area contributed by atoms with Crippen LogP contribution in [0.3, 0.4) is 0 Å². The second kappa shape index (κ2) is 6.23. The van der Waals surface area contributed by atoms with E-state index in [9.17, 15) is 9.59 Å². The number of hydrogen-bond acceptors (Lipinski definition) is 3.